The van der Waals surface area contributed by atoms with Crippen LogP contribution in [0.25, 0.3) is 0 Å². The molecule has 1 spiro atoms. The number of carbonyl (C=O) groups excluding carboxylic acids is 1. The summed E-state index contributed by atoms with van der Waals surface area (Å²) < 4.78 is 30.8. The molecule has 3 atom stereocenters. The van der Waals surface area contributed by atoms with Crippen molar-refractivity contribution in [3.63, 3.8) is 0 Å². The van der Waals surface area contributed by atoms with Gasteiger partial charge in [0.1, 0.15) is 11.5 Å². The number of amides is 2. The first-order valence-corrected chi connectivity index (χ1v) is 16.5. The number of para-hydroxylation sites is 1. The van der Waals surface area contributed by atoms with Crippen molar-refractivity contribution in [2.24, 2.45) is 0 Å². The maximum Gasteiger partial charge on any atom is 0.323 e. The van der Waals surface area contributed by atoms with E-state index in [4.69, 9.17) is 23.7 Å². The highest BCUT2D eigenvalue weighted by molar-refractivity contribution is 5.99. The monoisotopic (exact) mass is 651 g/mol. The maximum atomic E-state index is 12.8. The van der Waals surface area contributed by atoms with Gasteiger partial charge in [0.15, 0.2) is 12.1 Å². The van der Waals surface area contributed by atoms with E-state index in [-0.39, 0.29) is 24.8 Å². The number of aliphatic hydroxyl groups excluding tert-OH is 1. The highest BCUT2D eigenvalue weighted by atomic mass is 16.7. The minimum Gasteiger partial charge on any atom is -0.457 e. The Kier molecular flexibility index (Phi) is 9.99. The number of anilines is 2. The van der Waals surface area contributed by atoms with Crippen LogP contribution in [0.3, 0.4) is 0 Å². The summed E-state index contributed by atoms with van der Waals surface area (Å²) >= 11 is 0. The van der Waals surface area contributed by atoms with Gasteiger partial charge in [0.2, 0.25) is 0 Å². The van der Waals surface area contributed by atoms with Gasteiger partial charge in [0.05, 0.1) is 32.0 Å². The number of carbonyl (C=O) groups is 1. The van der Waals surface area contributed by atoms with Crippen LogP contribution in [0.5, 0.6) is 11.5 Å². The van der Waals surface area contributed by atoms with Gasteiger partial charge in [-0.05, 0) is 59.7 Å². The fourth-order valence-corrected chi connectivity index (χ4v) is 6.43. The summed E-state index contributed by atoms with van der Waals surface area (Å²) in [4.78, 5) is 15.2. The van der Waals surface area contributed by atoms with E-state index in [1.165, 1.54) is 0 Å². The van der Waals surface area contributed by atoms with Crippen molar-refractivity contribution in [1.29, 1.82) is 0 Å². The Morgan fingerprint density at radius 2 is 1.38 bits per heavy atom. The standard InChI is InChI=1S/C38H41N3O7/c42-26-27-6-8-28(9-7-27)35-24-34(25-41-20-18-38(19-21-41)44-22-23-45-38)47-36(48-35)29-10-12-30(13-11-29)39-37(43)40-31-14-16-33(17-15-31)46-32-4-2-1-3-5-32/h1-17,34-36,42H,18-26H2,(H2,39,40,43)/t34-,35+,36+/m1/s1. The van der Waals surface area contributed by atoms with Crippen LogP contribution in [0, 0.1) is 0 Å². The van der Waals surface area contributed by atoms with Gasteiger partial charge < -0.3 is 44.3 Å². The summed E-state index contributed by atoms with van der Waals surface area (Å²) in [7, 11) is 0. The Bertz CT molecular complexity index is 1620. The van der Waals surface area contributed by atoms with Crippen LogP contribution in [0.1, 0.15) is 48.3 Å². The third-order valence-electron chi connectivity index (χ3n) is 9.04. The molecule has 48 heavy (non-hydrogen) atoms. The molecule has 4 aromatic carbocycles. The Hall–Kier alpha value is -4.29. The Labute approximate surface area is 280 Å². The molecule has 0 aliphatic carbocycles. The summed E-state index contributed by atoms with van der Waals surface area (Å²) in [5.41, 5.74) is 4.05. The van der Waals surface area contributed by atoms with Crippen molar-refractivity contribution in [3.8, 4) is 11.5 Å². The lowest BCUT2D eigenvalue weighted by atomic mass is 9.98. The molecule has 10 heteroatoms. The number of nitrogens with one attached hydrogen (secondary N) is 2. The van der Waals surface area contributed by atoms with Crippen LogP contribution in [0.4, 0.5) is 16.2 Å². The molecule has 3 N–H and O–H groups in total. The first kappa shape index (κ1) is 32.3. The highest BCUT2D eigenvalue weighted by Gasteiger charge is 2.41. The molecule has 0 saturated carbocycles. The van der Waals surface area contributed by atoms with E-state index < -0.39 is 12.1 Å². The first-order valence-electron chi connectivity index (χ1n) is 16.5. The number of hydrogen-bond donors (Lipinski definition) is 3. The van der Waals surface area contributed by atoms with Crippen molar-refractivity contribution < 1.29 is 33.6 Å². The molecular formula is C38H41N3O7. The third-order valence-corrected chi connectivity index (χ3v) is 9.04. The molecule has 3 heterocycles. The van der Waals surface area contributed by atoms with Crippen LogP contribution < -0.4 is 15.4 Å². The number of hydrogen-bond acceptors (Lipinski definition) is 8. The summed E-state index contributed by atoms with van der Waals surface area (Å²) in [6.45, 7) is 3.88. The van der Waals surface area contributed by atoms with Crippen molar-refractivity contribution in [1.82, 2.24) is 4.90 Å². The molecule has 4 aromatic rings. The Morgan fingerprint density at radius 1 is 0.771 bits per heavy atom. The van der Waals surface area contributed by atoms with Crippen LogP contribution in [0.2, 0.25) is 0 Å². The van der Waals surface area contributed by atoms with Gasteiger partial charge in [-0.2, -0.15) is 0 Å². The number of benzene rings is 4. The summed E-state index contributed by atoms with van der Waals surface area (Å²) in [6.07, 6.45) is 1.60. The number of rotatable bonds is 9. The van der Waals surface area contributed by atoms with Gasteiger partial charge in [0.25, 0.3) is 0 Å². The van der Waals surface area contributed by atoms with Crippen LogP contribution in [0.15, 0.2) is 103 Å². The van der Waals surface area contributed by atoms with Gasteiger partial charge >= 0.3 is 6.03 Å². The van der Waals surface area contributed by atoms with E-state index >= 15 is 0 Å². The van der Waals surface area contributed by atoms with Crippen molar-refractivity contribution >= 4 is 17.4 Å². The summed E-state index contributed by atoms with van der Waals surface area (Å²) in [6, 6.07) is 31.8. The zero-order valence-electron chi connectivity index (χ0n) is 26.8. The van der Waals surface area contributed by atoms with Gasteiger partial charge in [-0.25, -0.2) is 4.79 Å². The van der Waals surface area contributed by atoms with E-state index in [1.807, 2.05) is 91.0 Å². The molecule has 3 aliphatic rings. The van der Waals surface area contributed by atoms with Crippen LogP contribution in [-0.2, 0) is 25.6 Å². The average Bonchev–Trinajstić information content (AvgIpc) is 3.59. The zero-order chi connectivity index (χ0) is 32.8. The molecule has 3 aliphatic heterocycles. The second-order valence-corrected chi connectivity index (χ2v) is 12.4. The smallest absolute Gasteiger partial charge is 0.323 e. The lowest BCUT2D eigenvalue weighted by Crippen LogP contribution is -2.48. The number of ether oxygens (including phenoxy) is 5. The molecular weight excluding hydrogens is 610 g/mol. The van der Waals surface area contributed by atoms with Crippen molar-refractivity contribution in [2.45, 2.75) is 50.2 Å². The molecule has 0 aromatic heterocycles. The van der Waals surface area contributed by atoms with Gasteiger partial charge in [-0.3, -0.25) is 0 Å². The molecule has 3 saturated heterocycles. The molecule has 0 bridgehead atoms. The Morgan fingerprint density at radius 3 is 2.02 bits per heavy atom. The topological polar surface area (TPSA) is 111 Å². The zero-order valence-corrected chi connectivity index (χ0v) is 26.8. The summed E-state index contributed by atoms with van der Waals surface area (Å²) in [5, 5.41) is 15.3. The minimum atomic E-state index is -0.580. The maximum absolute atomic E-state index is 12.8. The van der Waals surface area contributed by atoms with E-state index in [0.717, 1.165) is 54.9 Å². The van der Waals surface area contributed by atoms with Crippen molar-refractivity contribution in [3.05, 3.63) is 120 Å². The molecule has 0 radical (unpaired) electrons. The van der Waals surface area contributed by atoms with Gasteiger partial charge in [-0.15, -0.1) is 0 Å². The fourth-order valence-electron chi connectivity index (χ4n) is 6.43. The van der Waals surface area contributed by atoms with E-state index in [1.54, 1.807) is 12.1 Å². The number of nitrogens with zero attached hydrogens (tertiary/aromatic N) is 1. The summed E-state index contributed by atoms with van der Waals surface area (Å²) in [5.74, 6) is 1.01. The molecule has 2 amide bonds. The van der Waals surface area contributed by atoms with Crippen LogP contribution >= 0.6 is 0 Å². The fraction of sp³-hybridized carbons (Fsp3) is 0.342. The van der Waals surface area contributed by atoms with Gasteiger partial charge in [0, 0.05) is 55.8 Å². The van der Waals surface area contributed by atoms with Crippen LogP contribution in [-0.4, -0.2) is 60.8 Å². The largest absolute Gasteiger partial charge is 0.457 e. The SMILES string of the molecule is O=C(Nc1ccc(Oc2ccccc2)cc1)Nc1ccc([C@H]2O[C@@H](CN3CCC4(CC3)OCCO4)C[C@@H](c3ccc(CO)cc3)O2)cc1. The molecule has 7 rings (SSSR count). The lowest BCUT2D eigenvalue weighted by Gasteiger charge is -2.41. The van der Waals surface area contributed by atoms with Crippen molar-refractivity contribution in [2.75, 3.05) is 43.5 Å². The second kappa shape index (κ2) is 14.9. The lowest BCUT2D eigenvalue weighted by molar-refractivity contribution is -0.255. The normalized spacial score (nSPS) is 22.3. The predicted octanol–water partition coefficient (Wildman–Crippen LogP) is 7.00. The Balaban J connectivity index is 0.973. The average molecular weight is 652 g/mol. The van der Waals surface area contributed by atoms with E-state index in [9.17, 15) is 9.90 Å². The number of likely N-dealkylation sites (tertiary alicyclic amines) is 1. The quantitative estimate of drug-likeness (QED) is 0.178. The molecule has 250 valence electrons. The number of piperidine rings is 1. The number of urea groups is 1. The molecule has 0 unspecified atom stereocenters. The molecule has 10 nitrogen and oxygen atoms in total. The highest BCUT2D eigenvalue weighted by Crippen LogP contribution is 2.39. The minimum absolute atomic E-state index is 0.00154. The predicted molar refractivity (Wildman–Crippen MR) is 181 cm³/mol. The van der Waals surface area contributed by atoms with E-state index in [0.29, 0.717) is 36.8 Å². The van der Waals surface area contributed by atoms with E-state index in [2.05, 4.69) is 15.5 Å². The second-order valence-electron chi connectivity index (χ2n) is 12.4. The number of aliphatic hydroxyl groups is 1. The molecule has 3 fully saturated rings. The third kappa shape index (κ3) is 8.04. The first-order chi connectivity index (χ1) is 23.5. The van der Waals surface area contributed by atoms with Gasteiger partial charge in [-0.1, -0.05) is 54.6 Å².